The Bertz CT molecular complexity index is 491. The van der Waals surface area contributed by atoms with Crippen LogP contribution in [0, 0.1) is 6.92 Å². The van der Waals surface area contributed by atoms with Gasteiger partial charge in [-0.05, 0) is 30.5 Å². The highest BCUT2D eigenvalue weighted by Gasteiger charge is 2.03. The number of hydrogen-bond acceptors (Lipinski definition) is 2. The summed E-state index contributed by atoms with van der Waals surface area (Å²) in [6.45, 7) is 1.93. The lowest BCUT2D eigenvalue weighted by Gasteiger charge is -2.05. The van der Waals surface area contributed by atoms with E-state index in [-0.39, 0.29) is 0 Å². The molecule has 0 saturated carbocycles. The highest BCUT2D eigenvalue weighted by Crippen LogP contribution is 2.13. The van der Waals surface area contributed by atoms with Crippen molar-refractivity contribution >= 4 is 6.29 Å². The summed E-state index contributed by atoms with van der Waals surface area (Å²) in [5, 5.41) is 0. The molecule has 16 heavy (non-hydrogen) atoms. The molecule has 0 saturated heterocycles. The number of hydrogen-bond donors (Lipinski definition) is 0. The summed E-state index contributed by atoms with van der Waals surface area (Å²) in [4.78, 5) is 15.0. The van der Waals surface area contributed by atoms with Crippen LogP contribution >= 0.6 is 0 Å². The molecule has 0 aliphatic rings. The highest BCUT2D eigenvalue weighted by molar-refractivity contribution is 5.76. The summed E-state index contributed by atoms with van der Waals surface area (Å²) in [7, 11) is 0. The van der Waals surface area contributed by atoms with Crippen LogP contribution in [0.2, 0.25) is 0 Å². The van der Waals surface area contributed by atoms with E-state index < -0.39 is 0 Å². The van der Waals surface area contributed by atoms with Crippen LogP contribution in [0.3, 0.4) is 0 Å². The molecule has 0 aliphatic carbocycles. The van der Waals surface area contributed by atoms with Crippen LogP contribution in [0.4, 0.5) is 0 Å². The lowest BCUT2D eigenvalue weighted by Crippen LogP contribution is -1.97. The third-order valence-electron chi connectivity index (χ3n) is 2.53. The maximum atomic E-state index is 10.9. The number of pyridine rings is 1. The van der Waals surface area contributed by atoms with Crippen LogP contribution in [0.5, 0.6) is 0 Å². The quantitative estimate of drug-likeness (QED) is 0.731. The second-order valence-electron chi connectivity index (χ2n) is 3.80. The Kier molecular flexibility index (Phi) is 3.10. The summed E-state index contributed by atoms with van der Waals surface area (Å²) in [6.07, 6.45) is 3.28. The fourth-order valence-electron chi connectivity index (χ4n) is 1.70. The van der Waals surface area contributed by atoms with Crippen LogP contribution in [0.15, 0.2) is 42.6 Å². The van der Waals surface area contributed by atoms with Crippen LogP contribution in [-0.4, -0.2) is 11.3 Å². The average molecular weight is 211 g/mol. The van der Waals surface area contributed by atoms with Gasteiger partial charge in [0.1, 0.15) is 0 Å². The van der Waals surface area contributed by atoms with Gasteiger partial charge in [0.15, 0.2) is 6.29 Å². The van der Waals surface area contributed by atoms with E-state index in [0.717, 1.165) is 24.0 Å². The van der Waals surface area contributed by atoms with Gasteiger partial charge in [0, 0.05) is 17.5 Å². The van der Waals surface area contributed by atoms with Gasteiger partial charge in [-0.25, -0.2) is 0 Å². The van der Waals surface area contributed by atoms with E-state index in [4.69, 9.17) is 0 Å². The van der Waals surface area contributed by atoms with Crippen LogP contribution < -0.4 is 0 Å². The summed E-state index contributed by atoms with van der Waals surface area (Å²) in [5.41, 5.74) is 3.86. The minimum absolute atomic E-state index is 0.675. The smallest absolute Gasteiger partial charge is 0.151 e. The number of nitrogens with zero attached hydrogens (tertiary/aromatic N) is 1. The number of rotatable bonds is 3. The summed E-state index contributed by atoms with van der Waals surface area (Å²) >= 11 is 0. The molecule has 2 aromatic rings. The minimum Gasteiger partial charge on any atom is -0.298 e. The zero-order valence-corrected chi connectivity index (χ0v) is 9.18. The standard InChI is InChI=1S/C14H13NO/c1-11-7-13(14(10-16)9-15-11)8-12-5-3-2-4-6-12/h2-7,9-10H,8H2,1H3. The number of benzene rings is 1. The van der Waals surface area contributed by atoms with Crippen molar-refractivity contribution in [1.29, 1.82) is 0 Å². The third-order valence-corrected chi connectivity index (χ3v) is 2.53. The SMILES string of the molecule is Cc1cc(Cc2ccccc2)c(C=O)cn1. The molecule has 0 fully saturated rings. The van der Waals surface area contributed by atoms with Gasteiger partial charge in [-0.15, -0.1) is 0 Å². The Morgan fingerprint density at radius 3 is 2.69 bits per heavy atom. The average Bonchev–Trinajstić information content (AvgIpc) is 2.31. The molecule has 0 bridgehead atoms. The van der Waals surface area contributed by atoms with Crippen LogP contribution in [-0.2, 0) is 6.42 Å². The molecule has 0 unspecified atom stereocenters. The predicted molar refractivity (Wildman–Crippen MR) is 63.6 cm³/mol. The first-order valence-electron chi connectivity index (χ1n) is 5.24. The van der Waals surface area contributed by atoms with Gasteiger partial charge >= 0.3 is 0 Å². The first kappa shape index (κ1) is 10.6. The number of aromatic nitrogens is 1. The predicted octanol–water partition coefficient (Wildman–Crippen LogP) is 2.79. The molecule has 1 heterocycles. The number of carbonyl (C=O) groups excluding carboxylic acids is 1. The van der Waals surface area contributed by atoms with E-state index in [0.29, 0.717) is 5.56 Å². The number of aldehydes is 1. The number of aryl methyl sites for hydroxylation is 1. The second-order valence-corrected chi connectivity index (χ2v) is 3.80. The van der Waals surface area contributed by atoms with Crippen molar-refractivity contribution in [2.45, 2.75) is 13.3 Å². The molecule has 1 aromatic heterocycles. The molecule has 1 aromatic carbocycles. The van der Waals surface area contributed by atoms with Gasteiger partial charge < -0.3 is 0 Å². The molecule has 0 N–H and O–H groups in total. The van der Waals surface area contributed by atoms with Gasteiger partial charge in [0.2, 0.25) is 0 Å². The molecule has 0 radical (unpaired) electrons. The Balaban J connectivity index is 2.33. The normalized spacial score (nSPS) is 10.1. The lowest BCUT2D eigenvalue weighted by atomic mass is 10.0. The molecular weight excluding hydrogens is 198 g/mol. The van der Waals surface area contributed by atoms with E-state index in [1.54, 1.807) is 6.20 Å². The van der Waals surface area contributed by atoms with Crippen molar-refractivity contribution in [1.82, 2.24) is 4.98 Å². The van der Waals surface area contributed by atoms with Gasteiger partial charge in [0.25, 0.3) is 0 Å². The Morgan fingerprint density at radius 1 is 1.25 bits per heavy atom. The zero-order chi connectivity index (χ0) is 11.4. The van der Waals surface area contributed by atoms with Gasteiger partial charge in [-0.3, -0.25) is 9.78 Å². The van der Waals surface area contributed by atoms with Crippen LogP contribution in [0.1, 0.15) is 27.2 Å². The van der Waals surface area contributed by atoms with Gasteiger partial charge in [0.05, 0.1) is 0 Å². The van der Waals surface area contributed by atoms with E-state index in [1.165, 1.54) is 5.56 Å². The molecule has 2 heteroatoms. The van der Waals surface area contributed by atoms with Crippen molar-refractivity contribution in [3.05, 3.63) is 65.0 Å². The monoisotopic (exact) mass is 211 g/mol. The van der Waals surface area contributed by atoms with Crippen molar-refractivity contribution in [3.8, 4) is 0 Å². The topological polar surface area (TPSA) is 30.0 Å². The van der Waals surface area contributed by atoms with E-state index in [2.05, 4.69) is 17.1 Å². The Morgan fingerprint density at radius 2 is 2.00 bits per heavy atom. The molecule has 0 atom stereocenters. The molecule has 80 valence electrons. The molecule has 2 rings (SSSR count). The Hall–Kier alpha value is -1.96. The summed E-state index contributed by atoms with van der Waals surface area (Å²) < 4.78 is 0. The fourth-order valence-corrected chi connectivity index (χ4v) is 1.70. The third kappa shape index (κ3) is 2.34. The largest absolute Gasteiger partial charge is 0.298 e. The summed E-state index contributed by atoms with van der Waals surface area (Å²) in [6, 6.07) is 12.1. The lowest BCUT2D eigenvalue weighted by molar-refractivity contribution is 0.112. The first-order chi connectivity index (χ1) is 7.79. The Labute approximate surface area is 95.0 Å². The molecule has 0 aliphatic heterocycles. The van der Waals surface area contributed by atoms with E-state index >= 15 is 0 Å². The second kappa shape index (κ2) is 4.71. The number of carbonyl (C=O) groups is 1. The highest BCUT2D eigenvalue weighted by atomic mass is 16.1. The van der Waals surface area contributed by atoms with Crippen molar-refractivity contribution < 1.29 is 4.79 Å². The molecular formula is C14H13NO. The van der Waals surface area contributed by atoms with Gasteiger partial charge in [-0.2, -0.15) is 0 Å². The summed E-state index contributed by atoms with van der Waals surface area (Å²) in [5.74, 6) is 0. The molecule has 2 nitrogen and oxygen atoms in total. The minimum atomic E-state index is 0.675. The first-order valence-corrected chi connectivity index (χ1v) is 5.24. The van der Waals surface area contributed by atoms with E-state index in [9.17, 15) is 4.79 Å². The van der Waals surface area contributed by atoms with Crippen molar-refractivity contribution in [3.63, 3.8) is 0 Å². The van der Waals surface area contributed by atoms with Crippen molar-refractivity contribution in [2.24, 2.45) is 0 Å². The fraction of sp³-hybridized carbons (Fsp3) is 0.143. The maximum absolute atomic E-state index is 10.9. The van der Waals surface area contributed by atoms with E-state index in [1.807, 2.05) is 31.2 Å². The molecule has 0 amide bonds. The van der Waals surface area contributed by atoms with Crippen molar-refractivity contribution in [2.75, 3.05) is 0 Å². The van der Waals surface area contributed by atoms with Gasteiger partial charge in [-0.1, -0.05) is 30.3 Å². The van der Waals surface area contributed by atoms with Crippen LogP contribution in [0.25, 0.3) is 0 Å². The maximum Gasteiger partial charge on any atom is 0.151 e. The zero-order valence-electron chi connectivity index (χ0n) is 9.18. The molecule has 0 spiro atoms.